The Balaban J connectivity index is 1.86. The third-order valence-electron chi connectivity index (χ3n) is 3.62. The molecule has 0 aliphatic carbocycles. The summed E-state index contributed by atoms with van der Waals surface area (Å²) in [5.74, 6) is -0.616. The molecule has 0 bridgehead atoms. The van der Waals surface area contributed by atoms with Gasteiger partial charge in [0.25, 0.3) is 0 Å². The highest BCUT2D eigenvalue weighted by Crippen LogP contribution is 2.34. The number of nitrogens with zero attached hydrogens (tertiary/aromatic N) is 4. The highest BCUT2D eigenvalue weighted by molar-refractivity contribution is 5.48. The number of hydrogen-bond donors (Lipinski definition) is 1. The molecule has 112 valence electrons. The van der Waals surface area contributed by atoms with Gasteiger partial charge in [0.15, 0.2) is 5.82 Å². The van der Waals surface area contributed by atoms with Crippen molar-refractivity contribution in [3.05, 3.63) is 29.7 Å². The third kappa shape index (κ3) is 2.76. The van der Waals surface area contributed by atoms with Gasteiger partial charge in [0.05, 0.1) is 5.92 Å². The van der Waals surface area contributed by atoms with Crippen LogP contribution in [-0.2, 0) is 19.5 Å². The largest absolute Gasteiger partial charge is 0.392 e. The summed E-state index contributed by atoms with van der Waals surface area (Å²) in [5.41, 5.74) is 6.91. The Morgan fingerprint density at radius 2 is 2.14 bits per heavy atom. The van der Waals surface area contributed by atoms with Crippen LogP contribution in [0.5, 0.6) is 0 Å². The summed E-state index contributed by atoms with van der Waals surface area (Å²) in [7, 11) is 0. The normalized spacial score (nSPS) is 18.6. The maximum absolute atomic E-state index is 12.8. The predicted octanol–water partition coefficient (Wildman–Crippen LogP) is 1.92. The van der Waals surface area contributed by atoms with Gasteiger partial charge in [-0.15, -0.1) is 5.10 Å². The van der Waals surface area contributed by atoms with Crippen LogP contribution in [0.25, 0.3) is 11.5 Å². The van der Waals surface area contributed by atoms with E-state index in [-0.39, 0.29) is 19.4 Å². The maximum atomic E-state index is 12.8. The minimum Gasteiger partial charge on any atom is -0.326 e. The van der Waals surface area contributed by atoms with Gasteiger partial charge in [0.1, 0.15) is 11.5 Å². The number of aromatic nitrogens is 4. The average molecular weight is 297 g/mol. The zero-order valence-electron chi connectivity index (χ0n) is 11.1. The fourth-order valence-corrected chi connectivity index (χ4v) is 2.37. The topological polar surface area (TPSA) is 69.6 Å². The Hall–Kier alpha value is -1.96. The monoisotopic (exact) mass is 297 g/mol. The van der Waals surface area contributed by atoms with Gasteiger partial charge in [0.2, 0.25) is 0 Å². The van der Waals surface area contributed by atoms with Gasteiger partial charge in [-0.2, -0.15) is 13.2 Å². The van der Waals surface area contributed by atoms with Gasteiger partial charge in [-0.25, -0.2) is 9.67 Å². The Morgan fingerprint density at radius 3 is 2.76 bits per heavy atom. The van der Waals surface area contributed by atoms with Crippen molar-refractivity contribution in [3.8, 4) is 11.5 Å². The number of halogens is 3. The van der Waals surface area contributed by atoms with E-state index in [1.165, 1.54) is 4.68 Å². The molecule has 0 saturated carbocycles. The Bertz CT molecular complexity index is 632. The van der Waals surface area contributed by atoms with Crippen LogP contribution in [0.15, 0.2) is 18.3 Å². The van der Waals surface area contributed by atoms with E-state index >= 15 is 0 Å². The minimum absolute atomic E-state index is 0.0405. The Labute approximate surface area is 119 Å². The second-order valence-electron chi connectivity index (χ2n) is 5.06. The first-order valence-electron chi connectivity index (χ1n) is 6.63. The number of fused-ring (bicyclic) bond motifs is 1. The summed E-state index contributed by atoms with van der Waals surface area (Å²) in [6.07, 6.45) is -2.65. The predicted molar refractivity (Wildman–Crippen MR) is 69.0 cm³/mol. The molecule has 1 unspecified atom stereocenters. The molecule has 1 atom stereocenters. The van der Waals surface area contributed by atoms with Gasteiger partial charge >= 0.3 is 6.18 Å². The summed E-state index contributed by atoms with van der Waals surface area (Å²) in [5, 5.41) is 4.24. The number of alkyl halides is 3. The van der Waals surface area contributed by atoms with E-state index in [2.05, 4.69) is 15.1 Å². The van der Waals surface area contributed by atoms with Crippen LogP contribution >= 0.6 is 0 Å². The van der Waals surface area contributed by atoms with Gasteiger partial charge in [-0.3, -0.25) is 4.98 Å². The lowest BCUT2D eigenvalue weighted by Crippen LogP contribution is -2.31. The maximum Gasteiger partial charge on any atom is 0.392 e. The van der Waals surface area contributed by atoms with E-state index in [1.807, 2.05) is 0 Å². The van der Waals surface area contributed by atoms with Crippen molar-refractivity contribution in [2.45, 2.75) is 32.1 Å². The molecule has 1 aliphatic heterocycles. The number of nitrogens with two attached hydrogens (primary N) is 1. The first-order valence-corrected chi connectivity index (χ1v) is 6.63. The van der Waals surface area contributed by atoms with Crippen LogP contribution in [0.3, 0.4) is 0 Å². The van der Waals surface area contributed by atoms with E-state index in [1.54, 1.807) is 18.3 Å². The fourth-order valence-electron chi connectivity index (χ4n) is 2.37. The van der Waals surface area contributed by atoms with Gasteiger partial charge in [-0.1, -0.05) is 6.07 Å². The molecule has 2 aromatic heterocycles. The smallest absolute Gasteiger partial charge is 0.326 e. The zero-order chi connectivity index (χ0) is 15.0. The second-order valence-corrected chi connectivity index (χ2v) is 5.06. The minimum atomic E-state index is -4.18. The molecule has 0 spiro atoms. The number of hydrogen-bond acceptors (Lipinski definition) is 4. The highest BCUT2D eigenvalue weighted by atomic mass is 19.4. The van der Waals surface area contributed by atoms with E-state index in [0.29, 0.717) is 23.9 Å². The number of pyridine rings is 1. The molecular weight excluding hydrogens is 283 g/mol. The van der Waals surface area contributed by atoms with Crippen LogP contribution in [0, 0.1) is 5.92 Å². The van der Waals surface area contributed by atoms with Crippen molar-refractivity contribution in [3.63, 3.8) is 0 Å². The van der Waals surface area contributed by atoms with E-state index < -0.39 is 12.1 Å². The van der Waals surface area contributed by atoms with Crippen molar-refractivity contribution in [1.82, 2.24) is 19.7 Å². The molecule has 2 aromatic rings. The van der Waals surface area contributed by atoms with Gasteiger partial charge in [-0.05, 0) is 18.1 Å². The average Bonchev–Trinajstić information content (AvgIpc) is 2.89. The van der Waals surface area contributed by atoms with E-state index in [9.17, 15) is 13.2 Å². The highest BCUT2D eigenvalue weighted by Gasteiger charge is 2.42. The van der Waals surface area contributed by atoms with Gasteiger partial charge in [0, 0.05) is 25.7 Å². The molecule has 0 fully saturated rings. The molecule has 2 N–H and O–H groups in total. The Morgan fingerprint density at radius 1 is 1.33 bits per heavy atom. The standard InChI is InChI=1S/C13H14F3N5/c14-13(15,16)9-3-4-21-11(5-9)19-12(20-21)10-2-1-8(6-17)7-18-10/h1-2,7,9H,3-6,17H2. The number of aryl methyl sites for hydroxylation is 1. The first-order chi connectivity index (χ1) is 9.97. The molecule has 21 heavy (non-hydrogen) atoms. The van der Waals surface area contributed by atoms with Crippen molar-refractivity contribution < 1.29 is 13.2 Å². The van der Waals surface area contributed by atoms with Crippen LogP contribution in [0.2, 0.25) is 0 Å². The molecule has 1 aliphatic rings. The van der Waals surface area contributed by atoms with E-state index in [0.717, 1.165) is 5.56 Å². The summed E-state index contributed by atoms with van der Waals surface area (Å²) >= 11 is 0. The van der Waals surface area contributed by atoms with E-state index in [4.69, 9.17) is 5.73 Å². The molecule has 0 amide bonds. The molecule has 3 rings (SSSR count). The summed E-state index contributed by atoms with van der Waals surface area (Å²) in [6, 6.07) is 3.53. The second kappa shape index (κ2) is 5.10. The molecular formula is C13H14F3N5. The van der Waals surface area contributed by atoms with Crippen molar-refractivity contribution in [2.75, 3.05) is 0 Å². The Kier molecular flexibility index (Phi) is 3.40. The van der Waals surface area contributed by atoms with Crippen LogP contribution in [0.4, 0.5) is 13.2 Å². The fraction of sp³-hybridized carbons (Fsp3) is 0.462. The van der Waals surface area contributed by atoms with Crippen molar-refractivity contribution in [2.24, 2.45) is 11.7 Å². The SMILES string of the molecule is NCc1ccc(-c2nc3n(n2)CCC(C(F)(F)F)C3)nc1. The van der Waals surface area contributed by atoms with Gasteiger partial charge < -0.3 is 5.73 Å². The first kappa shape index (κ1) is 14.0. The molecule has 0 aromatic carbocycles. The lowest BCUT2D eigenvalue weighted by Gasteiger charge is -2.24. The molecule has 3 heterocycles. The molecule has 8 heteroatoms. The molecule has 5 nitrogen and oxygen atoms in total. The summed E-state index contributed by atoms with van der Waals surface area (Å²) < 4.78 is 39.8. The summed E-state index contributed by atoms with van der Waals surface area (Å²) in [4.78, 5) is 8.39. The lowest BCUT2D eigenvalue weighted by atomic mass is 9.98. The summed E-state index contributed by atoms with van der Waals surface area (Å²) in [6.45, 7) is 0.612. The van der Waals surface area contributed by atoms with Crippen LogP contribution in [0.1, 0.15) is 17.8 Å². The van der Waals surface area contributed by atoms with Crippen molar-refractivity contribution in [1.29, 1.82) is 0 Å². The number of rotatable bonds is 2. The zero-order valence-corrected chi connectivity index (χ0v) is 11.1. The van der Waals surface area contributed by atoms with Crippen LogP contribution < -0.4 is 5.73 Å². The molecule has 0 saturated heterocycles. The van der Waals surface area contributed by atoms with Crippen molar-refractivity contribution >= 4 is 0 Å². The van der Waals surface area contributed by atoms with Crippen LogP contribution in [-0.4, -0.2) is 25.9 Å². The third-order valence-corrected chi connectivity index (χ3v) is 3.62. The quantitative estimate of drug-likeness (QED) is 0.919. The lowest BCUT2D eigenvalue weighted by molar-refractivity contribution is -0.179. The molecule has 0 radical (unpaired) electrons.